The van der Waals surface area contributed by atoms with E-state index in [0.717, 1.165) is 4.88 Å². The maximum atomic E-state index is 12.4. The molecule has 0 unspecified atom stereocenters. The van der Waals surface area contributed by atoms with Crippen LogP contribution in [0.3, 0.4) is 0 Å². The van der Waals surface area contributed by atoms with Crippen molar-refractivity contribution in [3.05, 3.63) is 71.9 Å². The van der Waals surface area contributed by atoms with Crippen LogP contribution in [0.1, 0.15) is 10.7 Å². The van der Waals surface area contributed by atoms with Gasteiger partial charge < -0.3 is 4.74 Å². The lowest BCUT2D eigenvalue weighted by Crippen LogP contribution is -2.11. The van der Waals surface area contributed by atoms with Gasteiger partial charge in [-0.1, -0.05) is 0 Å². The fourth-order valence-corrected chi connectivity index (χ4v) is 4.92. The molecule has 4 aromatic rings. The third kappa shape index (κ3) is 4.44. The van der Waals surface area contributed by atoms with E-state index in [0.29, 0.717) is 29.0 Å². The lowest BCUT2D eigenvalue weighted by Gasteiger charge is -2.10. The van der Waals surface area contributed by atoms with Crippen molar-refractivity contribution in [2.45, 2.75) is 18.1 Å². The van der Waals surface area contributed by atoms with E-state index in [4.69, 9.17) is 4.74 Å². The van der Waals surface area contributed by atoms with Gasteiger partial charge in [-0.2, -0.15) is 4.98 Å². The Morgan fingerprint density at radius 1 is 1.07 bits per heavy atom. The fourth-order valence-electron chi connectivity index (χ4n) is 2.58. The molecule has 0 radical (unpaired) electrons. The maximum absolute atomic E-state index is 12.4. The highest BCUT2D eigenvalue weighted by Crippen LogP contribution is 2.26. The van der Waals surface area contributed by atoms with Crippen molar-refractivity contribution in [1.29, 1.82) is 0 Å². The van der Waals surface area contributed by atoms with E-state index in [9.17, 15) is 8.42 Å². The molecule has 10 heteroatoms. The van der Waals surface area contributed by atoms with Gasteiger partial charge >= 0.3 is 0 Å². The summed E-state index contributed by atoms with van der Waals surface area (Å²) in [7, 11) is -3.60. The third-order valence-corrected chi connectivity index (χ3v) is 6.75. The van der Waals surface area contributed by atoms with Gasteiger partial charge in [-0.15, -0.1) is 11.3 Å². The van der Waals surface area contributed by atoms with Gasteiger partial charge in [-0.3, -0.25) is 9.29 Å². The summed E-state index contributed by atoms with van der Waals surface area (Å²) in [6.07, 6.45) is 5.08. The first-order chi connectivity index (χ1) is 13.9. The minimum Gasteiger partial charge on any atom is -0.439 e. The molecule has 0 saturated heterocycles. The number of imidazole rings is 1. The summed E-state index contributed by atoms with van der Waals surface area (Å²) in [6, 6.07) is 11.7. The largest absolute Gasteiger partial charge is 0.439 e. The number of thiophene rings is 1. The average molecular weight is 428 g/mol. The van der Waals surface area contributed by atoms with Crippen LogP contribution in [0.15, 0.2) is 65.4 Å². The van der Waals surface area contributed by atoms with E-state index < -0.39 is 10.0 Å². The summed E-state index contributed by atoms with van der Waals surface area (Å²) in [4.78, 5) is 13.6. The monoisotopic (exact) mass is 427 g/mol. The first-order valence-corrected chi connectivity index (χ1v) is 10.9. The standard InChI is InChI=1S/C19H17N5O3S2/c1-13-3-8-19(28-13)29(25,26)23-15-4-6-16(7-5-15)27-18-11-17(21-14(2)22-18)24-10-9-20-12-24/h3-12,23H,1-2H3. The minimum atomic E-state index is -3.60. The number of nitrogens with one attached hydrogen (secondary N) is 1. The Kier molecular flexibility index (Phi) is 5.03. The maximum Gasteiger partial charge on any atom is 0.271 e. The van der Waals surface area contributed by atoms with Crippen LogP contribution in [0, 0.1) is 13.8 Å². The molecule has 4 rings (SSSR count). The van der Waals surface area contributed by atoms with Crippen molar-refractivity contribution in [3.8, 4) is 17.4 Å². The highest BCUT2D eigenvalue weighted by molar-refractivity contribution is 7.94. The highest BCUT2D eigenvalue weighted by Gasteiger charge is 2.16. The van der Waals surface area contributed by atoms with Crippen LogP contribution in [0.5, 0.6) is 11.6 Å². The Labute approximate surface area is 171 Å². The van der Waals surface area contributed by atoms with Crippen LogP contribution in [0.25, 0.3) is 5.82 Å². The molecule has 0 spiro atoms. The molecular formula is C19H17N5O3S2. The summed E-state index contributed by atoms with van der Waals surface area (Å²) in [5, 5.41) is 0. The van der Waals surface area contributed by atoms with Crippen molar-refractivity contribution < 1.29 is 13.2 Å². The molecule has 8 nitrogen and oxygen atoms in total. The first-order valence-electron chi connectivity index (χ1n) is 8.60. The Morgan fingerprint density at radius 3 is 2.52 bits per heavy atom. The number of sulfonamides is 1. The molecule has 0 saturated carbocycles. The van der Waals surface area contributed by atoms with Gasteiger partial charge in [0.05, 0.1) is 0 Å². The van der Waals surface area contributed by atoms with E-state index in [1.165, 1.54) is 11.3 Å². The van der Waals surface area contributed by atoms with Gasteiger partial charge in [0, 0.05) is 29.0 Å². The second kappa shape index (κ2) is 7.64. The molecule has 1 N–H and O–H groups in total. The van der Waals surface area contributed by atoms with Gasteiger partial charge in [0.25, 0.3) is 10.0 Å². The van der Waals surface area contributed by atoms with Crippen molar-refractivity contribution in [1.82, 2.24) is 19.5 Å². The van der Waals surface area contributed by atoms with E-state index in [2.05, 4.69) is 19.7 Å². The number of aromatic nitrogens is 4. The first kappa shape index (κ1) is 19.1. The number of hydrogen-bond donors (Lipinski definition) is 1. The Bertz CT molecular complexity index is 1230. The molecule has 3 heterocycles. The number of anilines is 1. The molecule has 148 valence electrons. The van der Waals surface area contributed by atoms with Gasteiger partial charge in [0.2, 0.25) is 5.88 Å². The zero-order valence-electron chi connectivity index (χ0n) is 15.6. The number of nitrogens with zero attached hydrogens (tertiary/aromatic N) is 4. The second-order valence-corrected chi connectivity index (χ2v) is 9.38. The van der Waals surface area contributed by atoms with Crippen LogP contribution in [0.4, 0.5) is 5.69 Å². The van der Waals surface area contributed by atoms with Crippen molar-refractivity contribution >= 4 is 27.0 Å². The molecule has 0 amide bonds. The van der Waals surface area contributed by atoms with Gasteiger partial charge in [-0.05, 0) is 50.2 Å². The van der Waals surface area contributed by atoms with Crippen LogP contribution in [-0.4, -0.2) is 27.9 Å². The predicted octanol–water partition coefficient (Wildman–Crippen LogP) is 3.93. The normalized spacial score (nSPS) is 11.4. The number of aryl methyl sites for hydroxylation is 2. The number of ether oxygens (including phenoxy) is 1. The molecule has 0 aliphatic carbocycles. The van der Waals surface area contributed by atoms with Crippen LogP contribution < -0.4 is 9.46 Å². The zero-order chi connectivity index (χ0) is 20.4. The molecular weight excluding hydrogens is 410 g/mol. The Hall–Kier alpha value is -3.24. The van der Waals surface area contributed by atoms with E-state index in [-0.39, 0.29) is 4.21 Å². The molecule has 0 aliphatic heterocycles. The zero-order valence-corrected chi connectivity index (χ0v) is 17.2. The molecule has 29 heavy (non-hydrogen) atoms. The Balaban J connectivity index is 1.50. The lowest BCUT2D eigenvalue weighted by molar-refractivity contribution is 0.459. The van der Waals surface area contributed by atoms with Crippen LogP contribution in [-0.2, 0) is 10.0 Å². The van der Waals surface area contributed by atoms with Crippen molar-refractivity contribution in [2.24, 2.45) is 0 Å². The van der Waals surface area contributed by atoms with Crippen LogP contribution in [0.2, 0.25) is 0 Å². The van der Waals surface area contributed by atoms with E-state index in [1.807, 2.05) is 6.92 Å². The predicted molar refractivity (Wildman–Crippen MR) is 110 cm³/mol. The van der Waals surface area contributed by atoms with Crippen LogP contribution >= 0.6 is 11.3 Å². The average Bonchev–Trinajstić information content (AvgIpc) is 3.35. The lowest BCUT2D eigenvalue weighted by atomic mass is 10.3. The molecule has 1 aromatic carbocycles. The summed E-state index contributed by atoms with van der Waals surface area (Å²) >= 11 is 1.22. The molecule has 3 aromatic heterocycles. The van der Waals surface area contributed by atoms with Gasteiger partial charge in [-0.25, -0.2) is 18.4 Å². The highest BCUT2D eigenvalue weighted by atomic mass is 32.2. The fraction of sp³-hybridized carbons (Fsp3) is 0.105. The number of rotatable bonds is 6. The summed E-state index contributed by atoms with van der Waals surface area (Å²) < 4.78 is 35.3. The molecule has 0 bridgehead atoms. The van der Waals surface area contributed by atoms with E-state index in [1.54, 1.807) is 72.7 Å². The SMILES string of the molecule is Cc1nc(Oc2ccc(NS(=O)(=O)c3ccc(C)s3)cc2)cc(-n2ccnc2)n1. The number of benzene rings is 1. The summed E-state index contributed by atoms with van der Waals surface area (Å²) in [6.45, 7) is 3.64. The number of hydrogen-bond acceptors (Lipinski definition) is 7. The van der Waals surface area contributed by atoms with Gasteiger partial charge in [0.1, 0.15) is 27.9 Å². The molecule has 0 fully saturated rings. The molecule has 0 atom stereocenters. The summed E-state index contributed by atoms with van der Waals surface area (Å²) in [5.74, 6) is 2.10. The minimum absolute atomic E-state index is 0.277. The van der Waals surface area contributed by atoms with Crippen molar-refractivity contribution in [2.75, 3.05) is 4.72 Å². The van der Waals surface area contributed by atoms with Gasteiger partial charge in [0.15, 0.2) is 0 Å². The molecule has 0 aliphatic rings. The van der Waals surface area contributed by atoms with Crippen molar-refractivity contribution in [3.63, 3.8) is 0 Å². The topological polar surface area (TPSA) is 99.0 Å². The third-order valence-electron chi connectivity index (χ3n) is 3.88. The Morgan fingerprint density at radius 2 is 1.86 bits per heavy atom. The second-order valence-electron chi connectivity index (χ2n) is 6.18. The van der Waals surface area contributed by atoms with E-state index >= 15 is 0 Å². The smallest absolute Gasteiger partial charge is 0.271 e. The summed E-state index contributed by atoms with van der Waals surface area (Å²) in [5.41, 5.74) is 0.446. The quantitative estimate of drug-likeness (QED) is 0.500.